The van der Waals surface area contributed by atoms with E-state index in [-0.39, 0.29) is 17.2 Å². The summed E-state index contributed by atoms with van der Waals surface area (Å²) in [6, 6.07) is 15.1. The van der Waals surface area contributed by atoms with Crippen LogP contribution in [0.4, 0.5) is 13.2 Å². The molecular formula is C19H15F3N2O. The largest absolute Gasteiger partial charge is 0.416 e. The fourth-order valence-corrected chi connectivity index (χ4v) is 2.28. The van der Waals surface area contributed by atoms with Gasteiger partial charge < -0.3 is 5.32 Å². The van der Waals surface area contributed by atoms with E-state index in [1.165, 1.54) is 18.2 Å². The van der Waals surface area contributed by atoms with Gasteiger partial charge in [-0.2, -0.15) is 18.4 Å². The van der Waals surface area contributed by atoms with Crippen molar-refractivity contribution in [2.45, 2.75) is 19.1 Å². The van der Waals surface area contributed by atoms with Crippen LogP contribution in [0.1, 0.15) is 29.7 Å². The van der Waals surface area contributed by atoms with E-state index < -0.39 is 17.6 Å². The number of carbonyl (C=O) groups is 1. The Morgan fingerprint density at radius 2 is 1.72 bits per heavy atom. The van der Waals surface area contributed by atoms with E-state index in [1.54, 1.807) is 37.3 Å². The molecule has 3 nitrogen and oxygen atoms in total. The van der Waals surface area contributed by atoms with Crippen LogP contribution in [-0.2, 0) is 11.0 Å². The topological polar surface area (TPSA) is 52.9 Å². The van der Waals surface area contributed by atoms with E-state index in [4.69, 9.17) is 0 Å². The predicted molar refractivity (Wildman–Crippen MR) is 88.0 cm³/mol. The number of nitrogens with one attached hydrogen (secondary N) is 1. The number of hydrogen-bond donors (Lipinski definition) is 1. The van der Waals surface area contributed by atoms with Crippen LogP contribution in [0.15, 0.2) is 60.2 Å². The van der Waals surface area contributed by atoms with Crippen LogP contribution in [0.25, 0.3) is 6.08 Å². The highest BCUT2D eigenvalue weighted by Crippen LogP contribution is 2.32. The number of halogens is 3. The summed E-state index contributed by atoms with van der Waals surface area (Å²) >= 11 is 0. The average Bonchev–Trinajstić information content (AvgIpc) is 2.59. The molecule has 0 heterocycles. The maximum atomic E-state index is 13.0. The molecule has 2 aromatic carbocycles. The normalized spacial score (nSPS) is 13.0. The second-order valence-electron chi connectivity index (χ2n) is 5.36. The molecule has 0 fully saturated rings. The lowest BCUT2D eigenvalue weighted by atomic mass is 10.0. The highest BCUT2D eigenvalue weighted by molar-refractivity contribution is 6.02. The molecule has 1 N–H and O–H groups in total. The molecule has 128 valence electrons. The lowest BCUT2D eigenvalue weighted by molar-refractivity contribution is -0.137. The van der Waals surface area contributed by atoms with Gasteiger partial charge in [0, 0.05) is 0 Å². The number of carbonyl (C=O) groups excluding carboxylic acids is 1. The van der Waals surface area contributed by atoms with E-state index in [0.29, 0.717) is 0 Å². The van der Waals surface area contributed by atoms with Crippen LogP contribution in [0.5, 0.6) is 0 Å². The van der Waals surface area contributed by atoms with Crippen LogP contribution in [0.2, 0.25) is 0 Å². The zero-order valence-electron chi connectivity index (χ0n) is 13.3. The molecule has 1 amide bonds. The number of hydrogen-bond acceptors (Lipinski definition) is 2. The average molecular weight is 344 g/mol. The molecular weight excluding hydrogens is 329 g/mol. The molecule has 6 heteroatoms. The Kier molecular flexibility index (Phi) is 5.60. The molecule has 0 aliphatic rings. The lowest BCUT2D eigenvalue weighted by Crippen LogP contribution is -2.27. The zero-order valence-corrected chi connectivity index (χ0v) is 13.3. The van der Waals surface area contributed by atoms with Crippen molar-refractivity contribution in [3.63, 3.8) is 0 Å². The Bertz CT molecular complexity index is 821. The van der Waals surface area contributed by atoms with Crippen molar-refractivity contribution >= 4 is 12.0 Å². The van der Waals surface area contributed by atoms with E-state index in [9.17, 15) is 23.2 Å². The fraction of sp³-hybridized carbons (Fsp3) is 0.158. The molecule has 25 heavy (non-hydrogen) atoms. The van der Waals surface area contributed by atoms with Gasteiger partial charge in [-0.15, -0.1) is 0 Å². The molecule has 1 atom stereocenters. The van der Waals surface area contributed by atoms with Crippen molar-refractivity contribution < 1.29 is 18.0 Å². The van der Waals surface area contributed by atoms with Crippen LogP contribution in [0.3, 0.4) is 0 Å². The molecule has 0 unspecified atom stereocenters. The number of rotatable bonds is 4. The third kappa shape index (κ3) is 4.70. The summed E-state index contributed by atoms with van der Waals surface area (Å²) in [5, 5.41) is 11.8. The first-order chi connectivity index (χ1) is 11.8. The molecule has 0 aliphatic heterocycles. The van der Waals surface area contributed by atoms with E-state index in [2.05, 4.69) is 5.32 Å². The first-order valence-electron chi connectivity index (χ1n) is 7.46. The first kappa shape index (κ1) is 18.3. The molecule has 0 bridgehead atoms. The van der Waals surface area contributed by atoms with Crippen LogP contribution >= 0.6 is 0 Å². The van der Waals surface area contributed by atoms with Crippen molar-refractivity contribution in [2.75, 3.05) is 0 Å². The molecule has 0 saturated heterocycles. The Morgan fingerprint density at radius 1 is 1.12 bits per heavy atom. The second kappa shape index (κ2) is 7.67. The van der Waals surface area contributed by atoms with Crippen LogP contribution in [-0.4, -0.2) is 5.91 Å². The van der Waals surface area contributed by atoms with Crippen molar-refractivity contribution in [3.8, 4) is 6.07 Å². The monoisotopic (exact) mass is 344 g/mol. The minimum atomic E-state index is -4.57. The van der Waals surface area contributed by atoms with Crippen molar-refractivity contribution in [1.29, 1.82) is 5.26 Å². The molecule has 2 rings (SSSR count). The highest BCUT2D eigenvalue weighted by Gasteiger charge is 2.32. The van der Waals surface area contributed by atoms with Gasteiger partial charge in [0.25, 0.3) is 5.91 Å². The minimum absolute atomic E-state index is 0.228. The molecule has 0 aromatic heterocycles. The van der Waals surface area contributed by atoms with Gasteiger partial charge in [-0.1, -0.05) is 48.5 Å². The van der Waals surface area contributed by atoms with Gasteiger partial charge in [0.05, 0.1) is 11.6 Å². The van der Waals surface area contributed by atoms with Gasteiger partial charge in [0.1, 0.15) is 11.6 Å². The lowest BCUT2D eigenvalue weighted by Gasteiger charge is -2.14. The molecule has 0 radical (unpaired) electrons. The van der Waals surface area contributed by atoms with E-state index >= 15 is 0 Å². The molecule has 0 aliphatic carbocycles. The summed E-state index contributed by atoms with van der Waals surface area (Å²) < 4.78 is 39.1. The number of alkyl halides is 3. The second-order valence-corrected chi connectivity index (χ2v) is 5.36. The molecule has 0 spiro atoms. The molecule has 0 saturated carbocycles. The summed E-state index contributed by atoms with van der Waals surface area (Å²) in [6.45, 7) is 1.73. The predicted octanol–water partition coefficient (Wildman–Crippen LogP) is 4.49. The van der Waals surface area contributed by atoms with Crippen molar-refractivity contribution in [1.82, 2.24) is 5.32 Å². The number of nitriles is 1. The van der Waals surface area contributed by atoms with Gasteiger partial charge in [-0.25, -0.2) is 0 Å². The summed E-state index contributed by atoms with van der Waals surface area (Å²) in [4.78, 5) is 12.2. The smallest absolute Gasteiger partial charge is 0.345 e. The highest BCUT2D eigenvalue weighted by atomic mass is 19.4. The Labute approximate surface area is 143 Å². The van der Waals surface area contributed by atoms with E-state index in [1.807, 2.05) is 6.07 Å². The third-order valence-corrected chi connectivity index (χ3v) is 3.58. The van der Waals surface area contributed by atoms with Gasteiger partial charge in [0.2, 0.25) is 0 Å². The Balaban J connectivity index is 2.27. The van der Waals surface area contributed by atoms with Gasteiger partial charge >= 0.3 is 6.18 Å². The standard InChI is InChI=1S/C19H15F3N2O/c1-13(14-7-3-2-4-8-14)24-18(25)16(12-23)11-15-9-5-6-10-17(15)19(20,21)22/h2-11,13H,1H3,(H,24,25)/b16-11-/t13-/m0/s1. The number of benzene rings is 2. The van der Waals surface area contributed by atoms with Crippen molar-refractivity contribution in [2.24, 2.45) is 0 Å². The molecule has 2 aromatic rings. The zero-order chi connectivity index (χ0) is 18.4. The number of amides is 1. The van der Waals surface area contributed by atoms with Gasteiger partial charge in [-0.3, -0.25) is 4.79 Å². The van der Waals surface area contributed by atoms with Crippen molar-refractivity contribution in [3.05, 3.63) is 76.9 Å². The van der Waals surface area contributed by atoms with Crippen LogP contribution in [0, 0.1) is 11.3 Å². The summed E-state index contributed by atoms with van der Waals surface area (Å²) in [7, 11) is 0. The van der Waals surface area contributed by atoms with Gasteiger partial charge in [-0.05, 0) is 30.2 Å². The van der Waals surface area contributed by atoms with E-state index in [0.717, 1.165) is 17.7 Å². The third-order valence-electron chi connectivity index (χ3n) is 3.58. The Morgan fingerprint density at radius 3 is 2.32 bits per heavy atom. The Hall–Kier alpha value is -3.07. The van der Waals surface area contributed by atoms with Gasteiger partial charge in [0.15, 0.2) is 0 Å². The summed E-state index contributed by atoms with van der Waals surface area (Å²) in [5.74, 6) is -0.726. The fourth-order valence-electron chi connectivity index (χ4n) is 2.28. The maximum Gasteiger partial charge on any atom is 0.416 e. The first-order valence-corrected chi connectivity index (χ1v) is 7.46. The summed E-state index contributed by atoms with van der Waals surface area (Å²) in [6.07, 6.45) is -3.61. The summed E-state index contributed by atoms with van der Waals surface area (Å²) in [5.41, 5.74) is -0.691. The number of nitrogens with zero attached hydrogens (tertiary/aromatic N) is 1. The SMILES string of the molecule is C[C@H](NC(=O)/C(C#N)=C\c1ccccc1C(F)(F)F)c1ccccc1. The quantitative estimate of drug-likeness (QED) is 0.656. The maximum absolute atomic E-state index is 13.0. The minimum Gasteiger partial charge on any atom is -0.345 e. The van der Waals surface area contributed by atoms with Crippen LogP contribution < -0.4 is 5.32 Å².